The van der Waals surface area contributed by atoms with Crippen molar-refractivity contribution < 1.29 is 0 Å². The van der Waals surface area contributed by atoms with Crippen LogP contribution in [0, 0.1) is 13.8 Å². The zero-order chi connectivity index (χ0) is 15.1. The molecule has 5 nitrogen and oxygen atoms in total. The first-order valence-corrected chi connectivity index (χ1v) is 8.22. The van der Waals surface area contributed by atoms with Gasteiger partial charge in [0.05, 0.1) is 22.8 Å². The van der Waals surface area contributed by atoms with E-state index in [0.29, 0.717) is 5.92 Å². The molecule has 4 rings (SSSR count). The van der Waals surface area contributed by atoms with Gasteiger partial charge in [0.1, 0.15) is 5.82 Å². The third-order valence-corrected chi connectivity index (χ3v) is 4.55. The molecule has 0 amide bonds. The van der Waals surface area contributed by atoms with E-state index in [1.807, 2.05) is 29.8 Å². The van der Waals surface area contributed by atoms with E-state index in [1.165, 1.54) is 24.4 Å². The van der Waals surface area contributed by atoms with Crippen LogP contribution in [-0.4, -0.2) is 19.1 Å². The second-order valence-corrected chi connectivity index (χ2v) is 6.40. The summed E-state index contributed by atoms with van der Waals surface area (Å²) in [6, 6.07) is 10.2. The van der Waals surface area contributed by atoms with Crippen molar-refractivity contribution in [3.63, 3.8) is 0 Å². The third-order valence-electron chi connectivity index (χ3n) is 3.91. The molecule has 6 heteroatoms. The van der Waals surface area contributed by atoms with Crippen molar-refractivity contribution >= 4 is 22.4 Å². The number of anilines is 2. The second kappa shape index (κ2) is 5.21. The Labute approximate surface area is 133 Å². The first kappa shape index (κ1) is 13.5. The van der Waals surface area contributed by atoms with Gasteiger partial charge in [-0.25, -0.2) is 9.67 Å². The van der Waals surface area contributed by atoms with Gasteiger partial charge in [-0.3, -0.25) is 0 Å². The maximum absolute atomic E-state index is 4.64. The Morgan fingerprint density at radius 3 is 2.68 bits per heavy atom. The number of benzene rings is 1. The van der Waals surface area contributed by atoms with Gasteiger partial charge in [0.2, 0.25) is 5.13 Å². The molecular weight excluding hydrogens is 294 g/mol. The molecule has 0 unspecified atom stereocenters. The number of nitrogens with zero attached hydrogens (tertiary/aromatic N) is 4. The molecule has 112 valence electrons. The van der Waals surface area contributed by atoms with Gasteiger partial charge in [-0.15, -0.1) is 0 Å². The molecule has 0 bridgehead atoms. The molecule has 22 heavy (non-hydrogen) atoms. The molecule has 0 aliphatic heterocycles. The van der Waals surface area contributed by atoms with Crippen molar-refractivity contribution in [3.05, 3.63) is 47.5 Å². The van der Waals surface area contributed by atoms with E-state index in [1.54, 1.807) is 0 Å². The number of hydrogen-bond acceptors (Lipinski definition) is 5. The molecule has 1 saturated carbocycles. The predicted octanol–water partition coefficient (Wildman–Crippen LogP) is 3.96. The zero-order valence-electron chi connectivity index (χ0n) is 12.6. The summed E-state index contributed by atoms with van der Waals surface area (Å²) < 4.78 is 6.40. The summed E-state index contributed by atoms with van der Waals surface area (Å²) in [7, 11) is 0. The summed E-state index contributed by atoms with van der Waals surface area (Å²) in [5, 5.41) is 8.88. The molecule has 0 atom stereocenters. The van der Waals surface area contributed by atoms with Crippen LogP contribution in [0.25, 0.3) is 5.69 Å². The van der Waals surface area contributed by atoms with Crippen LogP contribution in [0.15, 0.2) is 30.3 Å². The minimum absolute atomic E-state index is 0.584. The van der Waals surface area contributed by atoms with Gasteiger partial charge >= 0.3 is 0 Å². The quantitative estimate of drug-likeness (QED) is 0.792. The van der Waals surface area contributed by atoms with Crippen molar-refractivity contribution in [2.24, 2.45) is 0 Å². The summed E-state index contributed by atoms with van der Waals surface area (Å²) in [6.45, 7) is 4.08. The average molecular weight is 311 g/mol. The Morgan fingerprint density at radius 1 is 1.18 bits per heavy atom. The van der Waals surface area contributed by atoms with E-state index in [9.17, 15) is 0 Å². The van der Waals surface area contributed by atoms with E-state index in [0.717, 1.165) is 33.7 Å². The monoisotopic (exact) mass is 311 g/mol. The van der Waals surface area contributed by atoms with Gasteiger partial charge in [0.25, 0.3) is 0 Å². The van der Waals surface area contributed by atoms with Crippen molar-refractivity contribution in [2.45, 2.75) is 32.6 Å². The lowest BCUT2D eigenvalue weighted by Gasteiger charge is -2.05. The van der Waals surface area contributed by atoms with Gasteiger partial charge in [-0.1, -0.05) is 18.2 Å². The smallest absolute Gasteiger partial charge is 0.207 e. The lowest BCUT2D eigenvalue weighted by Crippen LogP contribution is -1.99. The van der Waals surface area contributed by atoms with Crippen LogP contribution in [-0.2, 0) is 0 Å². The highest BCUT2D eigenvalue weighted by molar-refractivity contribution is 7.09. The van der Waals surface area contributed by atoms with E-state index in [2.05, 4.69) is 38.8 Å². The average Bonchev–Trinajstić information content (AvgIpc) is 3.23. The molecule has 2 aromatic heterocycles. The Balaban J connectivity index is 1.65. The third kappa shape index (κ3) is 2.39. The maximum Gasteiger partial charge on any atom is 0.207 e. The molecule has 1 aliphatic carbocycles. The van der Waals surface area contributed by atoms with Crippen LogP contribution in [0.2, 0.25) is 0 Å². The SMILES string of the molecule is Cc1nn(-c2ccccc2)c(C)c1Nc1nc(C2CC2)ns1. The van der Waals surface area contributed by atoms with E-state index in [4.69, 9.17) is 0 Å². The molecule has 1 N–H and O–H groups in total. The highest BCUT2D eigenvalue weighted by Gasteiger charge is 2.28. The summed E-state index contributed by atoms with van der Waals surface area (Å²) >= 11 is 1.43. The molecule has 1 aromatic carbocycles. The zero-order valence-corrected chi connectivity index (χ0v) is 13.4. The van der Waals surface area contributed by atoms with Crippen LogP contribution >= 0.6 is 11.5 Å². The number of nitrogens with one attached hydrogen (secondary N) is 1. The van der Waals surface area contributed by atoms with Gasteiger partial charge in [-0.05, 0) is 38.8 Å². The standard InChI is InChI=1S/C16H17N5S/c1-10-14(17-16-18-15(20-22-16)12-8-9-12)11(2)21(19-10)13-6-4-3-5-7-13/h3-7,12H,8-9H2,1-2H3,(H,17,18,20). The molecule has 0 saturated heterocycles. The van der Waals surface area contributed by atoms with E-state index >= 15 is 0 Å². The highest BCUT2D eigenvalue weighted by Crippen LogP contribution is 2.39. The van der Waals surface area contributed by atoms with Crippen LogP contribution in [0.1, 0.15) is 36.0 Å². The first-order chi connectivity index (χ1) is 10.7. The highest BCUT2D eigenvalue weighted by atomic mass is 32.1. The summed E-state index contributed by atoms with van der Waals surface area (Å²) in [5.74, 6) is 1.57. The lowest BCUT2D eigenvalue weighted by molar-refractivity contribution is 0.834. The van der Waals surface area contributed by atoms with Crippen LogP contribution in [0.3, 0.4) is 0 Å². The maximum atomic E-state index is 4.64. The Morgan fingerprint density at radius 2 is 1.95 bits per heavy atom. The van der Waals surface area contributed by atoms with Crippen molar-refractivity contribution in [3.8, 4) is 5.69 Å². The normalized spacial score (nSPS) is 14.3. The summed E-state index contributed by atoms with van der Waals surface area (Å²) in [5.41, 5.74) is 4.12. The fourth-order valence-corrected chi connectivity index (χ4v) is 3.20. The Bertz CT molecular complexity index is 801. The van der Waals surface area contributed by atoms with Crippen LogP contribution in [0.5, 0.6) is 0 Å². The largest absolute Gasteiger partial charge is 0.327 e. The number of aromatic nitrogens is 4. The summed E-state index contributed by atoms with van der Waals surface area (Å²) in [6.07, 6.45) is 2.44. The van der Waals surface area contributed by atoms with E-state index < -0.39 is 0 Å². The fourth-order valence-electron chi connectivity index (χ4n) is 2.54. The van der Waals surface area contributed by atoms with Gasteiger partial charge < -0.3 is 5.32 Å². The Kier molecular flexibility index (Phi) is 3.18. The molecule has 1 aliphatic rings. The summed E-state index contributed by atoms with van der Waals surface area (Å²) in [4.78, 5) is 4.59. The molecular formula is C16H17N5S. The molecule has 3 aromatic rings. The topological polar surface area (TPSA) is 55.6 Å². The number of hydrogen-bond donors (Lipinski definition) is 1. The molecule has 1 fully saturated rings. The molecule has 0 radical (unpaired) electrons. The van der Waals surface area contributed by atoms with Gasteiger partial charge in [0.15, 0.2) is 0 Å². The van der Waals surface area contributed by atoms with Crippen LogP contribution in [0.4, 0.5) is 10.8 Å². The lowest BCUT2D eigenvalue weighted by atomic mass is 10.3. The number of rotatable bonds is 4. The predicted molar refractivity (Wildman–Crippen MR) is 88.2 cm³/mol. The molecule has 0 spiro atoms. The molecule has 2 heterocycles. The Hall–Kier alpha value is -2.21. The minimum Gasteiger partial charge on any atom is -0.327 e. The van der Waals surface area contributed by atoms with Gasteiger partial charge in [0, 0.05) is 17.5 Å². The second-order valence-electron chi connectivity index (χ2n) is 5.65. The van der Waals surface area contributed by atoms with Crippen molar-refractivity contribution in [2.75, 3.05) is 5.32 Å². The van der Waals surface area contributed by atoms with Crippen molar-refractivity contribution in [1.82, 2.24) is 19.1 Å². The number of aryl methyl sites for hydroxylation is 1. The van der Waals surface area contributed by atoms with Crippen molar-refractivity contribution in [1.29, 1.82) is 0 Å². The van der Waals surface area contributed by atoms with Crippen LogP contribution < -0.4 is 5.32 Å². The fraction of sp³-hybridized carbons (Fsp3) is 0.312. The number of para-hydroxylation sites is 1. The van der Waals surface area contributed by atoms with E-state index in [-0.39, 0.29) is 0 Å². The van der Waals surface area contributed by atoms with Gasteiger partial charge in [-0.2, -0.15) is 9.47 Å². The minimum atomic E-state index is 0.584. The first-order valence-electron chi connectivity index (χ1n) is 7.44.